The molecule has 0 fully saturated rings. The SMILES string of the molecule is CCS(=O)(=O)c1cccc(-c2cnc(N)c3c(-c4ccc(N)cc4)csc23)c1. The van der Waals surface area contributed by atoms with Gasteiger partial charge in [-0.25, -0.2) is 13.4 Å². The number of fused-ring (bicyclic) bond motifs is 1. The number of sulfone groups is 1. The molecule has 0 spiro atoms. The van der Waals surface area contributed by atoms with E-state index in [2.05, 4.69) is 4.98 Å². The minimum Gasteiger partial charge on any atom is -0.399 e. The first kappa shape index (κ1) is 18.5. The van der Waals surface area contributed by atoms with Crippen molar-refractivity contribution in [1.29, 1.82) is 0 Å². The van der Waals surface area contributed by atoms with E-state index in [1.165, 1.54) is 0 Å². The molecule has 0 saturated heterocycles. The summed E-state index contributed by atoms with van der Waals surface area (Å²) in [5.41, 5.74) is 16.4. The zero-order chi connectivity index (χ0) is 19.9. The number of nitrogens with zero attached hydrogens (tertiary/aromatic N) is 1. The average molecular weight is 410 g/mol. The van der Waals surface area contributed by atoms with Crippen LogP contribution in [0.1, 0.15) is 6.92 Å². The van der Waals surface area contributed by atoms with Gasteiger partial charge in [0.25, 0.3) is 0 Å². The molecule has 142 valence electrons. The maximum atomic E-state index is 12.3. The zero-order valence-electron chi connectivity index (χ0n) is 15.2. The largest absolute Gasteiger partial charge is 0.399 e. The highest BCUT2D eigenvalue weighted by Crippen LogP contribution is 2.42. The predicted molar refractivity (Wildman–Crippen MR) is 117 cm³/mol. The van der Waals surface area contributed by atoms with Gasteiger partial charge in [0.1, 0.15) is 5.82 Å². The molecule has 2 heterocycles. The number of thiophene rings is 1. The molecule has 2 aromatic heterocycles. The number of hydrogen-bond acceptors (Lipinski definition) is 6. The molecule has 0 atom stereocenters. The van der Waals surface area contributed by atoms with Gasteiger partial charge in [0, 0.05) is 33.1 Å². The number of aromatic nitrogens is 1. The average Bonchev–Trinajstić information content (AvgIpc) is 3.15. The van der Waals surface area contributed by atoms with E-state index < -0.39 is 9.84 Å². The fraction of sp³-hybridized carbons (Fsp3) is 0.0952. The smallest absolute Gasteiger partial charge is 0.178 e. The van der Waals surface area contributed by atoms with Crippen molar-refractivity contribution in [1.82, 2.24) is 4.98 Å². The third-order valence-corrected chi connectivity index (χ3v) is 7.48. The summed E-state index contributed by atoms with van der Waals surface area (Å²) in [5.74, 6) is 0.510. The van der Waals surface area contributed by atoms with E-state index in [-0.39, 0.29) is 5.75 Å². The van der Waals surface area contributed by atoms with Crippen molar-refractivity contribution in [2.24, 2.45) is 0 Å². The second kappa shape index (κ2) is 6.92. The second-order valence-corrected chi connectivity index (χ2v) is 9.62. The molecule has 0 bridgehead atoms. The summed E-state index contributed by atoms with van der Waals surface area (Å²) >= 11 is 1.57. The fourth-order valence-electron chi connectivity index (χ4n) is 3.17. The third kappa shape index (κ3) is 3.12. The van der Waals surface area contributed by atoms with Crippen molar-refractivity contribution in [3.05, 3.63) is 60.1 Å². The molecule has 4 N–H and O–H groups in total. The Morgan fingerprint density at radius 3 is 2.46 bits per heavy atom. The van der Waals surface area contributed by atoms with Crippen LogP contribution < -0.4 is 11.5 Å². The Morgan fingerprint density at radius 2 is 1.75 bits per heavy atom. The molecular weight excluding hydrogens is 390 g/mol. The molecule has 0 radical (unpaired) electrons. The number of anilines is 2. The van der Waals surface area contributed by atoms with Crippen LogP contribution in [0.15, 0.2) is 65.0 Å². The summed E-state index contributed by atoms with van der Waals surface area (Å²) in [6, 6.07) is 14.6. The van der Waals surface area contributed by atoms with E-state index in [4.69, 9.17) is 11.5 Å². The number of hydrogen-bond donors (Lipinski definition) is 2. The first-order valence-corrected chi connectivity index (χ1v) is 11.3. The van der Waals surface area contributed by atoms with Gasteiger partial charge in [-0.2, -0.15) is 0 Å². The number of nitrogens with two attached hydrogens (primary N) is 2. The van der Waals surface area contributed by atoms with Gasteiger partial charge in [-0.1, -0.05) is 31.2 Å². The molecule has 0 aliphatic carbocycles. The van der Waals surface area contributed by atoms with Gasteiger partial charge in [0.05, 0.1) is 10.6 Å². The predicted octanol–water partition coefficient (Wildman–Crippen LogP) is 4.59. The van der Waals surface area contributed by atoms with Crippen molar-refractivity contribution in [2.75, 3.05) is 17.2 Å². The van der Waals surface area contributed by atoms with Gasteiger partial charge in [0.2, 0.25) is 0 Å². The van der Waals surface area contributed by atoms with Crippen LogP contribution in [0.5, 0.6) is 0 Å². The molecular formula is C21H19N3O2S2. The van der Waals surface area contributed by atoms with Crippen LogP contribution in [0.3, 0.4) is 0 Å². The van der Waals surface area contributed by atoms with Gasteiger partial charge < -0.3 is 11.5 Å². The molecule has 4 aromatic rings. The Balaban J connectivity index is 1.92. The van der Waals surface area contributed by atoms with E-state index >= 15 is 0 Å². The lowest BCUT2D eigenvalue weighted by Gasteiger charge is -2.09. The third-order valence-electron chi connectivity index (χ3n) is 4.73. The number of rotatable bonds is 4. The first-order valence-electron chi connectivity index (χ1n) is 8.75. The van der Waals surface area contributed by atoms with E-state index in [1.807, 2.05) is 35.7 Å². The van der Waals surface area contributed by atoms with Crippen molar-refractivity contribution in [3.63, 3.8) is 0 Å². The van der Waals surface area contributed by atoms with Crippen molar-refractivity contribution in [2.45, 2.75) is 11.8 Å². The zero-order valence-corrected chi connectivity index (χ0v) is 16.8. The maximum absolute atomic E-state index is 12.3. The Bertz CT molecular complexity index is 1280. The van der Waals surface area contributed by atoms with Gasteiger partial charge in [-0.05, 0) is 40.8 Å². The molecule has 4 rings (SSSR count). The van der Waals surface area contributed by atoms with Crippen molar-refractivity contribution in [3.8, 4) is 22.3 Å². The number of pyridine rings is 1. The van der Waals surface area contributed by atoms with Gasteiger partial charge in [-0.3, -0.25) is 0 Å². The Morgan fingerprint density at radius 1 is 1.00 bits per heavy atom. The van der Waals surface area contributed by atoms with Crippen molar-refractivity contribution >= 4 is 42.8 Å². The summed E-state index contributed by atoms with van der Waals surface area (Å²) < 4.78 is 25.5. The minimum absolute atomic E-state index is 0.0616. The summed E-state index contributed by atoms with van der Waals surface area (Å²) in [6.07, 6.45) is 1.71. The number of benzene rings is 2. The molecule has 0 saturated carbocycles. The monoisotopic (exact) mass is 409 g/mol. The fourth-order valence-corrected chi connectivity index (χ4v) is 5.22. The molecule has 2 aromatic carbocycles. The van der Waals surface area contributed by atoms with E-state index in [1.54, 1.807) is 42.7 Å². The number of nitrogen functional groups attached to an aromatic ring is 2. The van der Waals surface area contributed by atoms with Crippen molar-refractivity contribution < 1.29 is 8.42 Å². The molecule has 7 heteroatoms. The lowest BCUT2D eigenvalue weighted by atomic mass is 10.0. The van der Waals surface area contributed by atoms with Gasteiger partial charge in [0.15, 0.2) is 9.84 Å². The van der Waals surface area contributed by atoms with Crippen LogP contribution in [0.4, 0.5) is 11.5 Å². The molecule has 0 aliphatic heterocycles. The molecule has 0 amide bonds. The first-order chi connectivity index (χ1) is 13.4. The van der Waals surface area contributed by atoms with Crippen LogP contribution in [-0.2, 0) is 9.84 Å². The van der Waals surface area contributed by atoms with E-state index in [0.717, 1.165) is 32.3 Å². The summed E-state index contributed by atoms with van der Waals surface area (Å²) in [7, 11) is -3.29. The Hall–Kier alpha value is -2.90. The van der Waals surface area contributed by atoms with E-state index in [9.17, 15) is 8.42 Å². The van der Waals surface area contributed by atoms with Gasteiger partial charge >= 0.3 is 0 Å². The second-order valence-electron chi connectivity index (χ2n) is 6.46. The molecule has 28 heavy (non-hydrogen) atoms. The lowest BCUT2D eigenvalue weighted by molar-refractivity contribution is 0.597. The van der Waals surface area contributed by atoms with Gasteiger partial charge in [-0.15, -0.1) is 11.3 Å². The quantitative estimate of drug-likeness (QED) is 0.480. The highest BCUT2D eigenvalue weighted by atomic mass is 32.2. The maximum Gasteiger partial charge on any atom is 0.178 e. The minimum atomic E-state index is -3.29. The van der Waals surface area contributed by atoms with Crippen LogP contribution >= 0.6 is 11.3 Å². The highest BCUT2D eigenvalue weighted by molar-refractivity contribution is 7.91. The van der Waals surface area contributed by atoms with E-state index in [0.29, 0.717) is 16.4 Å². The lowest BCUT2D eigenvalue weighted by Crippen LogP contribution is -2.03. The van der Waals surface area contributed by atoms with Crippen LogP contribution in [0.2, 0.25) is 0 Å². The summed E-state index contributed by atoms with van der Waals surface area (Å²) in [5, 5.41) is 2.92. The summed E-state index contributed by atoms with van der Waals surface area (Å²) in [6.45, 7) is 1.64. The topological polar surface area (TPSA) is 99.1 Å². The normalized spacial score (nSPS) is 11.8. The van der Waals surface area contributed by atoms with Crippen LogP contribution in [0, 0.1) is 0 Å². The summed E-state index contributed by atoms with van der Waals surface area (Å²) in [4.78, 5) is 4.69. The molecule has 0 aliphatic rings. The molecule has 5 nitrogen and oxygen atoms in total. The molecule has 0 unspecified atom stereocenters. The van der Waals surface area contributed by atoms with Crippen LogP contribution in [0.25, 0.3) is 32.3 Å². The highest BCUT2D eigenvalue weighted by Gasteiger charge is 2.17. The Labute approximate surface area is 167 Å². The Kier molecular flexibility index (Phi) is 4.56. The standard InChI is InChI=1S/C21H19N3O2S2/c1-2-28(25,26)16-5-3-4-14(10-16)17-11-24-21(23)19-18(12-27-20(17)19)13-6-8-15(22)9-7-13/h3-12H,2,22H2,1H3,(H2,23,24). The van der Waals surface area contributed by atoms with Crippen LogP contribution in [-0.4, -0.2) is 19.2 Å².